The van der Waals surface area contributed by atoms with Crippen LogP contribution in [0.25, 0.3) is 0 Å². The van der Waals surface area contributed by atoms with Gasteiger partial charge in [-0.05, 0) is 36.8 Å². The first-order chi connectivity index (χ1) is 13.2. The van der Waals surface area contributed by atoms with Gasteiger partial charge in [0.1, 0.15) is 0 Å². The maximum atomic E-state index is 12.5. The van der Waals surface area contributed by atoms with Crippen molar-refractivity contribution in [3.63, 3.8) is 0 Å². The third-order valence-corrected chi connectivity index (χ3v) is 6.09. The number of rotatable bonds is 6. The van der Waals surface area contributed by atoms with Crippen molar-refractivity contribution in [1.29, 1.82) is 0 Å². The number of piperidine rings is 1. The number of nitrogens with one attached hydrogen (secondary N) is 1. The van der Waals surface area contributed by atoms with Gasteiger partial charge >= 0.3 is 0 Å². The quantitative estimate of drug-likeness (QED) is 0.827. The molecule has 2 heterocycles. The highest BCUT2D eigenvalue weighted by Gasteiger charge is 2.40. The highest BCUT2D eigenvalue weighted by molar-refractivity contribution is 5.77. The fraction of sp³-hybridized carbons (Fsp3) is 0.435. The Bertz CT molecular complexity index is 735. The van der Waals surface area contributed by atoms with Crippen LogP contribution in [0.4, 0.5) is 0 Å². The van der Waals surface area contributed by atoms with Crippen LogP contribution < -0.4 is 11.1 Å². The predicted octanol–water partition coefficient (Wildman–Crippen LogP) is 3.39. The molecule has 3 atom stereocenters. The molecule has 3 N–H and O–H groups in total. The molecule has 2 aromatic carbocycles. The van der Waals surface area contributed by atoms with Crippen molar-refractivity contribution >= 4 is 5.91 Å². The summed E-state index contributed by atoms with van der Waals surface area (Å²) in [7, 11) is 0. The summed E-state index contributed by atoms with van der Waals surface area (Å²) in [5.74, 6) is 0.0762. The van der Waals surface area contributed by atoms with E-state index in [4.69, 9.17) is 5.73 Å². The summed E-state index contributed by atoms with van der Waals surface area (Å²) in [5, 5.41) is 3.26. The molecule has 2 fully saturated rings. The molecule has 1 amide bonds. The Kier molecular flexibility index (Phi) is 5.55. The number of benzene rings is 2. The first-order valence-corrected chi connectivity index (χ1v) is 10.1. The molecule has 4 nitrogen and oxygen atoms in total. The van der Waals surface area contributed by atoms with Crippen LogP contribution in [0.15, 0.2) is 60.7 Å². The molecule has 27 heavy (non-hydrogen) atoms. The number of nitrogens with zero attached hydrogens (tertiary/aromatic N) is 1. The first kappa shape index (κ1) is 18.2. The lowest BCUT2D eigenvalue weighted by atomic mass is 9.96. The molecule has 0 radical (unpaired) electrons. The normalized spacial score (nSPS) is 25.9. The highest BCUT2D eigenvalue weighted by Crippen LogP contribution is 2.36. The van der Waals surface area contributed by atoms with E-state index in [0.29, 0.717) is 18.5 Å². The largest absolute Gasteiger partial charge is 0.353 e. The Balaban J connectivity index is 1.30. The SMILES string of the molecule is NC(CC(=O)NC1CC2CCC(C1)N2Cc1ccccc1)c1ccccc1. The Labute approximate surface area is 161 Å². The van der Waals surface area contributed by atoms with Crippen LogP contribution in [-0.4, -0.2) is 28.9 Å². The lowest BCUT2D eigenvalue weighted by molar-refractivity contribution is -0.122. The number of nitrogens with two attached hydrogens (primary N) is 1. The van der Waals surface area contributed by atoms with Gasteiger partial charge in [0, 0.05) is 37.1 Å². The summed E-state index contributed by atoms with van der Waals surface area (Å²) in [6.07, 6.45) is 4.94. The molecule has 2 aliphatic heterocycles. The second-order valence-corrected chi connectivity index (χ2v) is 8.00. The van der Waals surface area contributed by atoms with Gasteiger partial charge in [-0.15, -0.1) is 0 Å². The lowest BCUT2D eigenvalue weighted by Crippen LogP contribution is -2.50. The van der Waals surface area contributed by atoms with E-state index >= 15 is 0 Å². The minimum Gasteiger partial charge on any atom is -0.353 e. The van der Waals surface area contributed by atoms with E-state index in [1.807, 2.05) is 30.3 Å². The molecule has 2 aromatic rings. The van der Waals surface area contributed by atoms with E-state index in [9.17, 15) is 4.79 Å². The summed E-state index contributed by atoms with van der Waals surface area (Å²) >= 11 is 0. The number of amides is 1. The summed E-state index contributed by atoms with van der Waals surface area (Å²) < 4.78 is 0. The molecule has 3 unspecified atom stereocenters. The monoisotopic (exact) mass is 363 g/mol. The van der Waals surface area contributed by atoms with Gasteiger partial charge in [-0.25, -0.2) is 0 Å². The van der Waals surface area contributed by atoms with E-state index in [1.165, 1.54) is 18.4 Å². The Hall–Kier alpha value is -2.17. The zero-order chi connectivity index (χ0) is 18.6. The minimum absolute atomic E-state index is 0.0762. The zero-order valence-electron chi connectivity index (χ0n) is 15.8. The smallest absolute Gasteiger partial charge is 0.222 e. The van der Waals surface area contributed by atoms with Crippen LogP contribution in [0.5, 0.6) is 0 Å². The third-order valence-electron chi connectivity index (χ3n) is 6.09. The number of hydrogen-bond acceptors (Lipinski definition) is 3. The lowest BCUT2D eigenvalue weighted by Gasteiger charge is -2.39. The van der Waals surface area contributed by atoms with Crippen LogP contribution in [0.3, 0.4) is 0 Å². The standard InChI is InChI=1S/C23H29N3O/c24-22(18-9-5-2-6-10-18)15-23(27)25-19-13-20-11-12-21(14-19)26(20)16-17-7-3-1-4-8-17/h1-10,19-22H,11-16,24H2,(H,25,27). The van der Waals surface area contributed by atoms with E-state index < -0.39 is 0 Å². The van der Waals surface area contributed by atoms with Gasteiger partial charge in [0.25, 0.3) is 0 Å². The number of carbonyl (C=O) groups is 1. The predicted molar refractivity (Wildman–Crippen MR) is 108 cm³/mol. The van der Waals surface area contributed by atoms with E-state index in [2.05, 4.69) is 40.5 Å². The molecular formula is C23H29N3O. The van der Waals surface area contributed by atoms with Crippen molar-refractivity contribution in [2.75, 3.05) is 0 Å². The van der Waals surface area contributed by atoms with E-state index in [1.54, 1.807) is 0 Å². The molecule has 142 valence electrons. The number of fused-ring (bicyclic) bond motifs is 2. The summed E-state index contributed by atoms with van der Waals surface area (Å²) in [6.45, 7) is 1.02. The molecule has 2 aliphatic rings. The summed E-state index contributed by atoms with van der Waals surface area (Å²) in [4.78, 5) is 15.1. The molecule has 0 saturated carbocycles. The Morgan fingerprint density at radius 2 is 1.59 bits per heavy atom. The number of carbonyl (C=O) groups excluding carboxylic acids is 1. The maximum Gasteiger partial charge on any atom is 0.222 e. The third kappa shape index (κ3) is 4.40. The molecule has 4 rings (SSSR count). The zero-order valence-corrected chi connectivity index (χ0v) is 15.8. The topological polar surface area (TPSA) is 58.4 Å². The minimum atomic E-state index is -0.235. The van der Waals surface area contributed by atoms with Crippen LogP contribution in [-0.2, 0) is 11.3 Å². The molecule has 2 saturated heterocycles. The van der Waals surface area contributed by atoms with Gasteiger partial charge < -0.3 is 11.1 Å². The second kappa shape index (κ2) is 8.24. The van der Waals surface area contributed by atoms with Crippen LogP contribution >= 0.6 is 0 Å². The van der Waals surface area contributed by atoms with E-state index in [-0.39, 0.29) is 18.0 Å². The maximum absolute atomic E-state index is 12.5. The second-order valence-electron chi connectivity index (χ2n) is 8.00. The molecule has 0 aromatic heterocycles. The van der Waals surface area contributed by atoms with Gasteiger partial charge in [0.05, 0.1) is 0 Å². The van der Waals surface area contributed by atoms with Crippen molar-refractivity contribution in [1.82, 2.24) is 10.2 Å². The van der Waals surface area contributed by atoms with Gasteiger partial charge in [-0.1, -0.05) is 60.7 Å². The first-order valence-electron chi connectivity index (χ1n) is 10.1. The van der Waals surface area contributed by atoms with Crippen molar-refractivity contribution < 1.29 is 4.79 Å². The van der Waals surface area contributed by atoms with Crippen LogP contribution in [0.1, 0.15) is 49.3 Å². The highest BCUT2D eigenvalue weighted by atomic mass is 16.1. The fourth-order valence-electron chi connectivity index (χ4n) is 4.75. The van der Waals surface area contributed by atoms with Gasteiger partial charge in [0.15, 0.2) is 0 Å². The summed E-state index contributed by atoms with van der Waals surface area (Å²) in [5.41, 5.74) is 8.61. The van der Waals surface area contributed by atoms with Gasteiger partial charge in [0.2, 0.25) is 5.91 Å². The van der Waals surface area contributed by atoms with Gasteiger partial charge in [-0.3, -0.25) is 9.69 Å². The molecule has 0 aliphatic carbocycles. The Morgan fingerprint density at radius 3 is 2.22 bits per heavy atom. The average Bonchev–Trinajstić information content (AvgIpc) is 2.91. The van der Waals surface area contributed by atoms with Crippen LogP contribution in [0, 0.1) is 0 Å². The van der Waals surface area contributed by atoms with E-state index in [0.717, 1.165) is 24.9 Å². The molecule has 4 heteroatoms. The molecular weight excluding hydrogens is 334 g/mol. The fourth-order valence-corrected chi connectivity index (χ4v) is 4.75. The number of hydrogen-bond donors (Lipinski definition) is 2. The van der Waals surface area contributed by atoms with Crippen molar-refractivity contribution in [2.45, 2.75) is 62.8 Å². The Morgan fingerprint density at radius 1 is 1.00 bits per heavy atom. The van der Waals surface area contributed by atoms with Crippen molar-refractivity contribution in [2.24, 2.45) is 5.73 Å². The van der Waals surface area contributed by atoms with Crippen molar-refractivity contribution in [3.8, 4) is 0 Å². The van der Waals surface area contributed by atoms with Gasteiger partial charge in [-0.2, -0.15) is 0 Å². The molecule has 2 bridgehead atoms. The summed E-state index contributed by atoms with van der Waals surface area (Å²) in [6, 6.07) is 21.8. The molecule has 0 spiro atoms. The van der Waals surface area contributed by atoms with Crippen LogP contribution in [0.2, 0.25) is 0 Å². The average molecular weight is 364 g/mol. The van der Waals surface area contributed by atoms with Crippen molar-refractivity contribution in [3.05, 3.63) is 71.8 Å².